The highest BCUT2D eigenvalue weighted by atomic mass is 16.6. The number of benzene rings is 1. The van der Waals surface area contributed by atoms with Gasteiger partial charge in [0, 0.05) is 36.7 Å². The molecular formula is C35H44N6O4. The van der Waals surface area contributed by atoms with Gasteiger partial charge in [0.05, 0.1) is 18.5 Å². The number of likely N-dealkylation sites (N-methyl/N-ethyl adjacent to an activating group) is 1. The van der Waals surface area contributed by atoms with E-state index in [9.17, 15) is 14.9 Å². The first kappa shape index (κ1) is 31.0. The van der Waals surface area contributed by atoms with Gasteiger partial charge in [-0.05, 0) is 89.6 Å². The highest BCUT2D eigenvalue weighted by Crippen LogP contribution is 2.49. The lowest BCUT2D eigenvalue weighted by Gasteiger charge is -2.44. The molecule has 1 aromatic carbocycles. The first-order chi connectivity index (χ1) is 21.5. The van der Waals surface area contributed by atoms with Gasteiger partial charge in [0.1, 0.15) is 23.7 Å². The summed E-state index contributed by atoms with van der Waals surface area (Å²) in [5, 5.41) is 9.66. The fourth-order valence-electron chi connectivity index (χ4n) is 7.46. The van der Waals surface area contributed by atoms with E-state index in [1.165, 1.54) is 0 Å². The number of carbonyl (C=O) groups excluding carboxylic acids is 2. The minimum absolute atomic E-state index is 0.0202. The van der Waals surface area contributed by atoms with E-state index in [-0.39, 0.29) is 30.3 Å². The first-order valence-corrected chi connectivity index (χ1v) is 16.1. The molecule has 10 heteroatoms. The zero-order valence-corrected chi connectivity index (χ0v) is 27.0. The van der Waals surface area contributed by atoms with Crippen LogP contribution in [0.1, 0.15) is 80.1 Å². The number of ether oxygens (including phenoxy) is 2. The molecule has 2 saturated heterocycles. The van der Waals surface area contributed by atoms with Gasteiger partial charge in [-0.15, -0.1) is 0 Å². The number of nitrogens with zero attached hydrogens (tertiary/aromatic N) is 6. The molecule has 2 aromatic rings. The van der Waals surface area contributed by atoms with Crippen LogP contribution in [0, 0.1) is 16.7 Å². The van der Waals surface area contributed by atoms with Crippen molar-refractivity contribution in [3.05, 3.63) is 53.2 Å². The van der Waals surface area contributed by atoms with Gasteiger partial charge in [0.25, 0.3) is 0 Å². The molecule has 0 N–H and O–H groups in total. The van der Waals surface area contributed by atoms with E-state index in [4.69, 9.17) is 19.4 Å². The minimum Gasteiger partial charge on any atom is -0.462 e. The fraction of sp³-hybridized carbons (Fsp3) is 0.571. The van der Waals surface area contributed by atoms with Gasteiger partial charge in [-0.3, -0.25) is 4.79 Å². The van der Waals surface area contributed by atoms with Crippen molar-refractivity contribution in [2.24, 2.45) is 5.41 Å². The molecule has 3 heterocycles. The highest BCUT2D eigenvalue weighted by Gasteiger charge is 2.48. The number of carbonyl (C=O) groups is 2. The molecule has 0 saturated carbocycles. The summed E-state index contributed by atoms with van der Waals surface area (Å²) in [5.41, 5.74) is 3.28. The van der Waals surface area contributed by atoms with Crippen molar-refractivity contribution in [2.45, 2.75) is 83.4 Å². The number of anilines is 1. The van der Waals surface area contributed by atoms with E-state index in [0.29, 0.717) is 63.4 Å². The van der Waals surface area contributed by atoms with Crippen LogP contribution in [-0.4, -0.2) is 89.2 Å². The highest BCUT2D eigenvalue weighted by molar-refractivity contribution is 6.04. The maximum atomic E-state index is 14.6. The van der Waals surface area contributed by atoms with Crippen LogP contribution < -0.4 is 9.64 Å². The monoisotopic (exact) mass is 612 g/mol. The molecule has 2 aliphatic heterocycles. The van der Waals surface area contributed by atoms with Gasteiger partial charge < -0.3 is 24.2 Å². The number of ketones is 1. The third-order valence-electron chi connectivity index (χ3n) is 9.81. The lowest BCUT2D eigenvalue weighted by atomic mass is 9.61. The van der Waals surface area contributed by atoms with Crippen LogP contribution in [0.3, 0.4) is 0 Å². The maximum Gasteiger partial charge on any atom is 0.410 e. The van der Waals surface area contributed by atoms with Crippen LogP contribution in [0.4, 0.5) is 10.6 Å². The smallest absolute Gasteiger partial charge is 0.410 e. The summed E-state index contributed by atoms with van der Waals surface area (Å²) >= 11 is 0. The number of amides is 1. The average Bonchev–Trinajstić information content (AvgIpc) is 3.41. The van der Waals surface area contributed by atoms with E-state index in [1.807, 2.05) is 32.9 Å². The molecule has 4 aliphatic rings. The quantitative estimate of drug-likeness (QED) is 0.457. The average molecular weight is 613 g/mol. The Hall–Kier alpha value is -3.97. The van der Waals surface area contributed by atoms with Gasteiger partial charge in [0.2, 0.25) is 0 Å². The molecule has 3 atom stereocenters. The van der Waals surface area contributed by atoms with Crippen molar-refractivity contribution >= 4 is 23.3 Å². The van der Waals surface area contributed by atoms with Crippen molar-refractivity contribution in [3.8, 4) is 12.1 Å². The van der Waals surface area contributed by atoms with E-state index in [0.717, 1.165) is 41.6 Å². The summed E-state index contributed by atoms with van der Waals surface area (Å²) in [7, 11) is 2.10. The Labute approximate surface area is 266 Å². The SMILES string of the molecule is C=C1C[C@@]2(CCc3c(nc(OC[C@@H]4CCCN4C)nc3N3CCN(C(=O)OC(C)(C)C)[C@@H](CC#N)C3)C2=O)Cc2ccccc21. The Morgan fingerprint density at radius 2 is 1.96 bits per heavy atom. The summed E-state index contributed by atoms with van der Waals surface area (Å²) in [6.07, 6.45) is 4.47. The minimum atomic E-state index is -0.641. The first-order valence-electron chi connectivity index (χ1n) is 16.1. The predicted molar refractivity (Wildman–Crippen MR) is 171 cm³/mol. The Balaban J connectivity index is 1.34. The van der Waals surface area contributed by atoms with Crippen LogP contribution in [0.25, 0.3) is 5.57 Å². The number of Topliss-reactive ketones (excluding diaryl/α,β-unsaturated/α-hetero) is 1. The number of fused-ring (bicyclic) bond motifs is 2. The number of hydrogen-bond donors (Lipinski definition) is 0. The fourth-order valence-corrected chi connectivity index (χ4v) is 7.46. The maximum absolute atomic E-state index is 14.6. The molecule has 0 radical (unpaired) electrons. The molecule has 1 aromatic heterocycles. The van der Waals surface area contributed by atoms with Gasteiger partial charge in [-0.2, -0.15) is 15.2 Å². The van der Waals surface area contributed by atoms with Crippen molar-refractivity contribution in [3.63, 3.8) is 0 Å². The number of aromatic nitrogens is 2. The Morgan fingerprint density at radius 1 is 1.16 bits per heavy atom. The zero-order chi connectivity index (χ0) is 31.9. The summed E-state index contributed by atoms with van der Waals surface area (Å²) in [4.78, 5) is 43.4. The largest absolute Gasteiger partial charge is 0.462 e. The van der Waals surface area contributed by atoms with Crippen molar-refractivity contribution < 1.29 is 19.1 Å². The van der Waals surface area contributed by atoms with E-state index < -0.39 is 17.1 Å². The van der Waals surface area contributed by atoms with Crippen LogP contribution in [0.5, 0.6) is 6.01 Å². The molecule has 0 unspecified atom stereocenters. The Kier molecular flexibility index (Phi) is 8.33. The van der Waals surface area contributed by atoms with Gasteiger partial charge in [0.15, 0.2) is 5.78 Å². The Bertz CT molecular complexity index is 1540. The summed E-state index contributed by atoms with van der Waals surface area (Å²) in [6, 6.07) is 10.6. The van der Waals surface area contributed by atoms with E-state index in [1.54, 1.807) is 4.90 Å². The van der Waals surface area contributed by atoms with E-state index in [2.05, 4.69) is 41.6 Å². The summed E-state index contributed by atoms with van der Waals surface area (Å²) < 4.78 is 11.9. The lowest BCUT2D eigenvalue weighted by Crippen LogP contribution is -2.56. The van der Waals surface area contributed by atoms with E-state index >= 15 is 0 Å². The third kappa shape index (κ3) is 6.15. The molecule has 45 heavy (non-hydrogen) atoms. The molecule has 2 aliphatic carbocycles. The molecule has 1 amide bonds. The normalized spacial score (nSPS) is 25.1. The number of piperazine rings is 1. The molecule has 10 nitrogen and oxygen atoms in total. The zero-order valence-electron chi connectivity index (χ0n) is 27.0. The third-order valence-corrected chi connectivity index (χ3v) is 9.81. The lowest BCUT2D eigenvalue weighted by molar-refractivity contribution is 0.0144. The molecule has 0 bridgehead atoms. The molecule has 6 rings (SSSR count). The Morgan fingerprint density at radius 3 is 2.69 bits per heavy atom. The van der Waals surface area contributed by atoms with Crippen LogP contribution in [-0.2, 0) is 17.6 Å². The number of rotatable bonds is 5. The molecular weight excluding hydrogens is 568 g/mol. The van der Waals surface area contributed by atoms with Gasteiger partial charge >= 0.3 is 12.1 Å². The number of hydrogen-bond acceptors (Lipinski definition) is 9. The predicted octanol–water partition coefficient (Wildman–Crippen LogP) is 5.06. The van der Waals surface area contributed by atoms with Gasteiger partial charge in [-0.1, -0.05) is 30.8 Å². The van der Waals surface area contributed by atoms with Crippen LogP contribution in [0.2, 0.25) is 0 Å². The van der Waals surface area contributed by atoms with Crippen molar-refractivity contribution in [1.29, 1.82) is 5.26 Å². The number of allylic oxidation sites excluding steroid dienone is 1. The summed E-state index contributed by atoms with van der Waals surface area (Å²) in [6.45, 7) is 12.6. The summed E-state index contributed by atoms with van der Waals surface area (Å²) in [5.74, 6) is 0.687. The second-order valence-electron chi connectivity index (χ2n) is 14.1. The number of nitriles is 1. The second-order valence-corrected chi connectivity index (χ2v) is 14.1. The molecule has 2 fully saturated rings. The molecule has 238 valence electrons. The van der Waals surface area contributed by atoms with Crippen molar-refractivity contribution in [2.75, 3.05) is 44.7 Å². The van der Waals surface area contributed by atoms with Crippen LogP contribution in [0.15, 0.2) is 30.8 Å². The topological polar surface area (TPSA) is 112 Å². The van der Waals surface area contributed by atoms with Crippen molar-refractivity contribution in [1.82, 2.24) is 19.8 Å². The van der Waals surface area contributed by atoms with Crippen LogP contribution >= 0.6 is 0 Å². The molecule has 1 spiro atoms. The number of likely N-dealkylation sites (tertiary alicyclic amines) is 1. The second kappa shape index (κ2) is 12.1. The standard InChI is InChI=1S/C35H44N6O4/c1-23-19-35(20-24-9-6-7-11-27(23)24)14-12-28-29(30(35)42)37-32(44-22-26-10-8-16-39(26)5)38-31(28)40-17-18-41(25(21-40)13-15-36)33(43)45-34(2,3)4/h6-7,9,11,25-26H,1,8,10,12-14,16-22H2,2-5H3/t25-,26-,35-/m0/s1. The van der Waals surface area contributed by atoms with Gasteiger partial charge in [-0.25, -0.2) is 4.79 Å².